The first-order valence-corrected chi connectivity index (χ1v) is 4.51. The average molecular weight is 201 g/mol. The molecule has 5 heteroatoms. The van der Waals surface area contributed by atoms with Gasteiger partial charge in [0.05, 0.1) is 0 Å². The third kappa shape index (κ3) is 2.40. The number of hydrogen-bond donors (Lipinski definition) is 2. The minimum atomic E-state index is 0.431. The van der Waals surface area contributed by atoms with E-state index in [1.165, 1.54) is 6.33 Å². The number of nitrogens with two attached hydrogens (primary N) is 1. The van der Waals surface area contributed by atoms with Crippen molar-refractivity contribution in [1.82, 2.24) is 15.0 Å². The van der Waals surface area contributed by atoms with Crippen LogP contribution in [-0.2, 0) is 0 Å². The van der Waals surface area contributed by atoms with Gasteiger partial charge in [-0.15, -0.1) is 0 Å². The number of nitrogens with zero attached hydrogens (tertiary/aromatic N) is 3. The molecule has 0 atom stereocenters. The van der Waals surface area contributed by atoms with Crippen LogP contribution in [0.5, 0.6) is 0 Å². The largest absolute Gasteiger partial charge is 0.384 e. The Balaban J connectivity index is 2.22. The summed E-state index contributed by atoms with van der Waals surface area (Å²) in [6, 6.07) is 5.52. The predicted molar refractivity (Wildman–Crippen MR) is 58.7 cm³/mol. The van der Waals surface area contributed by atoms with Crippen LogP contribution < -0.4 is 11.1 Å². The third-order valence-corrected chi connectivity index (χ3v) is 1.86. The van der Waals surface area contributed by atoms with E-state index in [4.69, 9.17) is 5.73 Å². The summed E-state index contributed by atoms with van der Waals surface area (Å²) in [5.41, 5.74) is 6.66. The first-order chi connectivity index (χ1) is 7.24. The van der Waals surface area contributed by atoms with E-state index in [0.717, 1.165) is 11.4 Å². The van der Waals surface area contributed by atoms with Crippen LogP contribution in [0.3, 0.4) is 0 Å². The van der Waals surface area contributed by atoms with E-state index in [-0.39, 0.29) is 0 Å². The number of pyridine rings is 1. The van der Waals surface area contributed by atoms with Gasteiger partial charge < -0.3 is 11.1 Å². The summed E-state index contributed by atoms with van der Waals surface area (Å²) >= 11 is 0. The van der Waals surface area contributed by atoms with Gasteiger partial charge in [-0.3, -0.25) is 0 Å². The maximum atomic E-state index is 5.53. The maximum absolute atomic E-state index is 5.53. The van der Waals surface area contributed by atoms with Crippen molar-refractivity contribution in [3.05, 3.63) is 36.3 Å². The molecule has 0 aliphatic carbocycles. The van der Waals surface area contributed by atoms with Crippen LogP contribution in [0.4, 0.5) is 17.5 Å². The molecular formula is C10H11N5. The molecule has 5 nitrogen and oxygen atoms in total. The van der Waals surface area contributed by atoms with E-state index < -0.39 is 0 Å². The fourth-order valence-corrected chi connectivity index (χ4v) is 1.18. The molecule has 3 N–H and O–H groups in total. The summed E-state index contributed by atoms with van der Waals surface area (Å²) in [5, 5.41) is 3.04. The van der Waals surface area contributed by atoms with Gasteiger partial charge >= 0.3 is 0 Å². The topological polar surface area (TPSA) is 76.7 Å². The van der Waals surface area contributed by atoms with Gasteiger partial charge in [-0.1, -0.05) is 0 Å². The minimum absolute atomic E-state index is 0.431. The molecule has 2 rings (SSSR count). The second kappa shape index (κ2) is 3.91. The normalized spacial score (nSPS) is 9.93. The van der Waals surface area contributed by atoms with Gasteiger partial charge in [0, 0.05) is 12.3 Å². The Hall–Kier alpha value is -2.17. The van der Waals surface area contributed by atoms with Gasteiger partial charge in [0.15, 0.2) is 0 Å². The number of aromatic nitrogens is 3. The van der Waals surface area contributed by atoms with Gasteiger partial charge in [-0.05, 0) is 24.6 Å². The second-order valence-electron chi connectivity index (χ2n) is 3.17. The molecule has 0 saturated carbocycles. The standard InChI is InChI=1S/C10H11N5/c1-7-2-3-12-9(4-7)15-10-5-8(11)13-6-14-10/h2-6H,1H3,(H3,11,12,13,14,15). The Bertz CT molecular complexity index is 425. The number of nitrogen functional groups attached to an aromatic ring is 1. The van der Waals surface area contributed by atoms with Gasteiger partial charge in [0.1, 0.15) is 23.8 Å². The van der Waals surface area contributed by atoms with Crippen molar-refractivity contribution in [2.24, 2.45) is 0 Å². The lowest BCUT2D eigenvalue weighted by molar-refractivity contribution is 1.16. The van der Waals surface area contributed by atoms with E-state index in [1.807, 2.05) is 19.1 Å². The van der Waals surface area contributed by atoms with Gasteiger partial charge in [0.2, 0.25) is 0 Å². The molecular weight excluding hydrogens is 190 g/mol. The molecule has 15 heavy (non-hydrogen) atoms. The number of rotatable bonds is 2. The Morgan fingerprint density at radius 2 is 1.93 bits per heavy atom. The highest BCUT2D eigenvalue weighted by molar-refractivity contribution is 5.54. The number of nitrogens with one attached hydrogen (secondary N) is 1. The Morgan fingerprint density at radius 1 is 1.13 bits per heavy atom. The highest BCUT2D eigenvalue weighted by atomic mass is 15.1. The molecule has 0 aliphatic heterocycles. The lowest BCUT2D eigenvalue weighted by Gasteiger charge is -2.04. The van der Waals surface area contributed by atoms with E-state index in [9.17, 15) is 0 Å². The minimum Gasteiger partial charge on any atom is -0.384 e. The fourth-order valence-electron chi connectivity index (χ4n) is 1.18. The molecule has 0 fully saturated rings. The molecule has 0 saturated heterocycles. The summed E-state index contributed by atoms with van der Waals surface area (Å²) in [6.07, 6.45) is 3.15. The first-order valence-electron chi connectivity index (χ1n) is 4.51. The predicted octanol–water partition coefficient (Wildman–Crippen LogP) is 1.51. The highest BCUT2D eigenvalue weighted by Gasteiger charge is 1.97. The smallest absolute Gasteiger partial charge is 0.137 e. The molecule has 2 heterocycles. The Kier molecular flexibility index (Phi) is 2.45. The first kappa shape index (κ1) is 9.39. The molecule has 0 aliphatic rings. The fraction of sp³-hybridized carbons (Fsp3) is 0.100. The van der Waals surface area contributed by atoms with Crippen molar-refractivity contribution in [1.29, 1.82) is 0 Å². The molecule has 0 amide bonds. The molecule has 0 radical (unpaired) electrons. The molecule has 2 aromatic rings. The summed E-state index contributed by atoms with van der Waals surface area (Å²) in [6.45, 7) is 2.00. The summed E-state index contributed by atoms with van der Waals surface area (Å²) in [5.74, 6) is 1.81. The van der Waals surface area contributed by atoms with Crippen LogP contribution in [0.25, 0.3) is 0 Å². The Morgan fingerprint density at radius 3 is 2.67 bits per heavy atom. The van der Waals surface area contributed by atoms with Crippen molar-refractivity contribution >= 4 is 17.5 Å². The van der Waals surface area contributed by atoms with Crippen molar-refractivity contribution < 1.29 is 0 Å². The van der Waals surface area contributed by atoms with E-state index in [2.05, 4.69) is 20.3 Å². The van der Waals surface area contributed by atoms with Crippen molar-refractivity contribution in [2.75, 3.05) is 11.1 Å². The van der Waals surface area contributed by atoms with E-state index >= 15 is 0 Å². The zero-order valence-corrected chi connectivity index (χ0v) is 8.31. The lowest BCUT2D eigenvalue weighted by atomic mass is 10.3. The second-order valence-corrected chi connectivity index (χ2v) is 3.17. The van der Waals surface area contributed by atoms with Crippen molar-refractivity contribution in [2.45, 2.75) is 6.92 Å². The zero-order valence-electron chi connectivity index (χ0n) is 8.31. The maximum Gasteiger partial charge on any atom is 0.137 e. The van der Waals surface area contributed by atoms with Gasteiger partial charge in [-0.25, -0.2) is 15.0 Å². The number of anilines is 3. The SMILES string of the molecule is Cc1ccnc(Nc2cc(N)ncn2)c1. The number of aryl methyl sites for hydroxylation is 1. The third-order valence-electron chi connectivity index (χ3n) is 1.86. The quantitative estimate of drug-likeness (QED) is 0.770. The monoisotopic (exact) mass is 201 g/mol. The van der Waals surface area contributed by atoms with Crippen LogP contribution in [0.15, 0.2) is 30.7 Å². The lowest BCUT2D eigenvalue weighted by Crippen LogP contribution is -1.98. The summed E-state index contributed by atoms with van der Waals surface area (Å²) in [4.78, 5) is 12.0. The van der Waals surface area contributed by atoms with Crippen molar-refractivity contribution in [3.8, 4) is 0 Å². The van der Waals surface area contributed by atoms with Crippen LogP contribution >= 0.6 is 0 Å². The molecule has 76 valence electrons. The van der Waals surface area contributed by atoms with Gasteiger partial charge in [0.25, 0.3) is 0 Å². The van der Waals surface area contributed by atoms with Gasteiger partial charge in [-0.2, -0.15) is 0 Å². The molecule has 0 spiro atoms. The van der Waals surface area contributed by atoms with E-state index in [1.54, 1.807) is 12.3 Å². The summed E-state index contributed by atoms with van der Waals surface area (Å²) < 4.78 is 0. The zero-order chi connectivity index (χ0) is 10.7. The number of hydrogen-bond acceptors (Lipinski definition) is 5. The molecule has 0 bridgehead atoms. The molecule has 2 aromatic heterocycles. The summed E-state index contributed by atoms with van der Waals surface area (Å²) in [7, 11) is 0. The Labute approximate surface area is 87.4 Å². The van der Waals surface area contributed by atoms with E-state index in [0.29, 0.717) is 11.6 Å². The molecule has 0 aromatic carbocycles. The van der Waals surface area contributed by atoms with Crippen LogP contribution in [-0.4, -0.2) is 15.0 Å². The van der Waals surface area contributed by atoms with Crippen LogP contribution in [0, 0.1) is 6.92 Å². The highest BCUT2D eigenvalue weighted by Crippen LogP contribution is 2.13. The average Bonchev–Trinajstić information content (AvgIpc) is 2.17. The van der Waals surface area contributed by atoms with Crippen molar-refractivity contribution in [3.63, 3.8) is 0 Å². The van der Waals surface area contributed by atoms with Crippen LogP contribution in [0.2, 0.25) is 0 Å². The molecule has 0 unspecified atom stereocenters. The van der Waals surface area contributed by atoms with Crippen LogP contribution in [0.1, 0.15) is 5.56 Å².